The fourth-order valence-electron chi connectivity index (χ4n) is 3.46. The molecule has 1 aliphatic carbocycles. The van der Waals surface area contributed by atoms with Crippen LogP contribution in [0.2, 0.25) is 0 Å². The Morgan fingerprint density at radius 2 is 1.83 bits per heavy atom. The highest BCUT2D eigenvalue weighted by atomic mass is 16.6. The highest BCUT2D eigenvalue weighted by Gasteiger charge is 2.26. The Bertz CT molecular complexity index is 821. The van der Waals surface area contributed by atoms with Crippen LogP contribution in [0.25, 0.3) is 0 Å². The van der Waals surface area contributed by atoms with Gasteiger partial charge in [-0.2, -0.15) is 4.98 Å². The van der Waals surface area contributed by atoms with Gasteiger partial charge in [0.15, 0.2) is 0 Å². The lowest BCUT2D eigenvalue weighted by Crippen LogP contribution is -2.47. The number of rotatable bonds is 9. The molecular weight excluding hydrogens is 370 g/mol. The molecule has 2 aromatic rings. The minimum absolute atomic E-state index is 0.0722. The number of aromatic nitrogens is 2. The van der Waals surface area contributed by atoms with Gasteiger partial charge in [-0.1, -0.05) is 30.3 Å². The van der Waals surface area contributed by atoms with E-state index in [1.807, 2.05) is 6.07 Å². The second-order valence-corrected chi connectivity index (χ2v) is 7.63. The average Bonchev–Trinajstić information content (AvgIpc) is 3.54. The van der Waals surface area contributed by atoms with Crippen molar-refractivity contribution >= 4 is 17.5 Å². The molecule has 0 radical (unpaired) electrons. The lowest BCUT2D eigenvalue weighted by Gasteiger charge is -2.34. The summed E-state index contributed by atoms with van der Waals surface area (Å²) in [5.74, 6) is 0.742. The number of piperazine rings is 1. The summed E-state index contributed by atoms with van der Waals surface area (Å²) in [7, 11) is 0. The van der Waals surface area contributed by atoms with Crippen LogP contribution in [-0.2, 0) is 6.54 Å². The van der Waals surface area contributed by atoms with Crippen LogP contribution in [0.15, 0.2) is 36.5 Å². The van der Waals surface area contributed by atoms with E-state index in [1.165, 1.54) is 11.8 Å². The monoisotopic (exact) mass is 397 g/mol. The Morgan fingerprint density at radius 3 is 2.52 bits per heavy atom. The SMILES string of the molecule is O=[N+]([O-])c1cnc(NCCN2CCN(Cc3ccccc3)CC2)nc1NC1CC1. The van der Waals surface area contributed by atoms with E-state index in [-0.39, 0.29) is 5.69 Å². The van der Waals surface area contributed by atoms with Crippen molar-refractivity contribution in [2.24, 2.45) is 0 Å². The molecule has 1 aliphatic heterocycles. The maximum absolute atomic E-state index is 11.2. The molecule has 2 fully saturated rings. The molecule has 1 aromatic heterocycles. The maximum atomic E-state index is 11.2. The lowest BCUT2D eigenvalue weighted by molar-refractivity contribution is -0.384. The Labute approximate surface area is 170 Å². The van der Waals surface area contributed by atoms with Crippen molar-refractivity contribution in [3.8, 4) is 0 Å². The largest absolute Gasteiger partial charge is 0.361 e. The first-order chi connectivity index (χ1) is 14.2. The summed E-state index contributed by atoms with van der Waals surface area (Å²) in [6.45, 7) is 6.77. The number of anilines is 2. The predicted octanol–water partition coefficient (Wildman–Crippen LogP) is 2.19. The molecule has 4 rings (SSSR count). The van der Waals surface area contributed by atoms with E-state index in [1.54, 1.807) is 0 Å². The van der Waals surface area contributed by atoms with Crippen molar-refractivity contribution in [1.82, 2.24) is 19.8 Å². The molecule has 0 unspecified atom stereocenters. The Kier molecular flexibility index (Phi) is 6.16. The van der Waals surface area contributed by atoms with Crippen molar-refractivity contribution in [3.63, 3.8) is 0 Å². The van der Waals surface area contributed by atoms with Crippen LogP contribution < -0.4 is 10.6 Å². The topological polar surface area (TPSA) is 99.5 Å². The van der Waals surface area contributed by atoms with E-state index >= 15 is 0 Å². The molecule has 9 heteroatoms. The van der Waals surface area contributed by atoms with Crippen molar-refractivity contribution in [2.45, 2.75) is 25.4 Å². The van der Waals surface area contributed by atoms with Crippen molar-refractivity contribution in [1.29, 1.82) is 0 Å². The van der Waals surface area contributed by atoms with Gasteiger partial charge in [-0.3, -0.25) is 19.9 Å². The van der Waals surface area contributed by atoms with Crippen LogP contribution in [-0.4, -0.2) is 70.0 Å². The van der Waals surface area contributed by atoms with Gasteiger partial charge in [0.05, 0.1) is 4.92 Å². The summed E-state index contributed by atoms with van der Waals surface area (Å²) in [6.07, 6.45) is 3.34. The van der Waals surface area contributed by atoms with Crippen LogP contribution in [0, 0.1) is 10.1 Å². The van der Waals surface area contributed by atoms with Gasteiger partial charge in [0.1, 0.15) is 6.20 Å². The zero-order valence-electron chi connectivity index (χ0n) is 16.5. The lowest BCUT2D eigenvalue weighted by atomic mass is 10.2. The third kappa shape index (κ3) is 5.61. The van der Waals surface area contributed by atoms with Crippen molar-refractivity contribution in [3.05, 3.63) is 52.2 Å². The summed E-state index contributed by atoms with van der Waals surface area (Å²) >= 11 is 0. The first-order valence-electron chi connectivity index (χ1n) is 10.2. The van der Waals surface area contributed by atoms with E-state index < -0.39 is 4.92 Å². The molecular formula is C20H27N7O2. The van der Waals surface area contributed by atoms with E-state index in [4.69, 9.17) is 0 Å². The van der Waals surface area contributed by atoms with Crippen LogP contribution in [0.5, 0.6) is 0 Å². The number of hydrogen-bond donors (Lipinski definition) is 2. The molecule has 0 bridgehead atoms. The summed E-state index contributed by atoms with van der Waals surface area (Å²) in [4.78, 5) is 24.0. The van der Waals surface area contributed by atoms with Crippen molar-refractivity contribution < 1.29 is 4.92 Å². The first-order valence-corrected chi connectivity index (χ1v) is 10.2. The molecule has 1 saturated heterocycles. The van der Waals surface area contributed by atoms with Crippen LogP contribution in [0.3, 0.4) is 0 Å². The highest BCUT2D eigenvalue weighted by molar-refractivity contribution is 5.58. The molecule has 1 saturated carbocycles. The molecule has 2 N–H and O–H groups in total. The molecule has 2 aliphatic rings. The summed E-state index contributed by atoms with van der Waals surface area (Å²) in [5.41, 5.74) is 1.28. The normalized spacial score (nSPS) is 17.8. The second kappa shape index (κ2) is 9.15. The zero-order valence-corrected chi connectivity index (χ0v) is 16.5. The summed E-state index contributed by atoms with van der Waals surface area (Å²) in [5, 5.41) is 17.5. The fourth-order valence-corrected chi connectivity index (χ4v) is 3.46. The van der Waals surface area contributed by atoms with Crippen molar-refractivity contribution in [2.75, 3.05) is 49.9 Å². The molecule has 0 atom stereocenters. The Morgan fingerprint density at radius 1 is 1.10 bits per heavy atom. The summed E-state index contributed by atoms with van der Waals surface area (Å²) < 4.78 is 0. The second-order valence-electron chi connectivity index (χ2n) is 7.63. The van der Waals surface area contributed by atoms with Gasteiger partial charge in [0.25, 0.3) is 0 Å². The smallest absolute Gasteiger partial charge is 0.329 e. The third-order valence-electron chi connectivity index (χ3n) is 5.31. The quantitative estimate of drug-likeness (QED) is 0.491. The molecule has 0 spiro atoms. The predicted molar refractivity (Wildman–Crippen MR) is 112 cm³/mol. The van der Waals surface area contributed by atoms with Gasteiger partial charge in [0.2, 0.25) is 11.8 Å². The van der Waals surface area contributed by atoms with E-state index in [0.717, 1.165) is 52.1 Å². The van der Waals surface area contributed by atoms with Gasteiger partial charge >= 0.3 is 5.69 Å². The minimum Gasteiger partial charge on any atom is -0.361 e. The highest BCUT2D eigenvalue weighted by Crippen LogP contribution is 2.29. The molecule has 2 heterocycles. The van der Waals surface area contributed by atoms with Gasteiger partial charge in [0, 0.05) is 51.9 Å². The van der Waals surface area contributed by atoms with E-state index in [0.29, 0.717) is 24.4 Å². The van der Waals surface area contributed by atoms with E-state index in [2.05, 4.69) is 54.7 Å². The van der Waals surface area contributed by atoms with Gasteiger partial charge in [-0.25, -0.2) is 4.98 Å². The third-order valence-corrected chi connectivity index (χ3v) is 5.31. The molecule has 154 valence electrons. The zero-order chi connectivity index (χ0) is 20.1. The van der Waals surface area contributed by atoms with Crippen LogP contribution in [0.1, 0.15) is 18.4 Å². The van der Waals surface area contributed by atoms with Crippen LogP contribution in [0.4, 0.5) is 17.5 Å². The summed E-state index contributed by atoms with van der Waals surface area (Å²) in [6, 6.07) is 10.9. The van der Waals surface area contributed by atoms with Gasteiger partial charge in [-0.15, -0.1) is 0 Å². The number of hydrogen-bond acceptors (Lipinski definition) is 8. The molecule has 9 nitrogen and oxygen atoms in total. The fraction of sp³-hybridized carbons (Fsp3) is 0.500. The van der Waals surface area contributed by atoms with Crippen LogP contribution >= 0.6 is 0 Å². The van der Waals surface area contributed by atoms with Gasteiger partial charge in [-0.05, 0) is 18.4 Å². The average molecular weight is 397 g/mol. The Hall–Kier alpha value is -2.78. The van der Waals surface area contributed by atoms with Gasteiger partial charge < -0.3 is 10.6 Å². The number of nitro groups is 1. The first kappa shape index (κ1) is 19.5. The number of nitrogens with one attached hydrogen (secondary N) is 2. The maximum Gasteiger partial charge on any atom is 0.329 e. The Balaban J connectivity index is 1.22. The standard InChI is InChI=1S/C20H27N7O2/c28-27(29)18-14-22-20(24-19(18)23-17-6-7-17)21-8-9-25-10-12-26(13-11-25)15-16-4-2-1-3-5-16/h1-5,14,17H,6-13,15H2,(H2,21,22,23,24). The number of nitrogens with zero attached hydrogens (tertiary/aromatic N) is 5. The molecule has 0 amide bonds. The van der Waals surface area contributed by atoms with E-state index in [9.17, 15) is 10.1 Å². The molecule has 1 aromatic carbocycles. The molecule has 29 heavy (non-hydrogen) atoms. The minimum atomic E-state index is -0.441. The number of benzene rings is 1.